The van der Waals surface area contributed by atoms with Gasteiger partial charge >= 0.3 is 0 Å². The number of hydrogen-bond acceptors (Lipinski definition) is 7. The summed E-state index contributed by atoms with van der Waals surface area (Å²) in [5, 5.41) is 2.68. The summed E-state index contributed by atoms with van der Waals surface area (Å²) in [5.74, 6) is -1.62. The quantitative estimate of drug-likeness (QED) is 0.344. The van der Waals surface area contributed by atoms with Gasteiger partial charge in [0.05, 0.1) is 11.2 Å². The summed E-state index contributed by atoms with van der Waals surface area (Å²) < 4.78 is 19.9. The maximum absolute atomic E-state index is 13.9. The second kappa shape index (κ2) is 10.8. The van der Waals surface area contributed by atoms with Crippen LogP contribution in [0, 0.1) is 11.7 Å². The molecule has 2 atom stereocenters. The predicted molar refractivity (Wildman–Crippen MR) is 132 cm³/mol. The molecule has 0 aliphatic rings. The first-order valence-corrected chi connectivity index (χ1v) is 13.5. The van der Waals surface area contributed by atoms with Gasteiger partial charge in [-0.25, -0.2) is 4.98 Å². The molecule has 1 aromatic carbocycles. The van der Waals surface area contributed by atoms with Crippen LogP contribution in [-0.2, 0) is 25.9 Å². The summed E-state index contributed by atoms with van der Waals surface area (Å²) >= 11 is 1.39. The summed E-state index contributed by atoms with van der Waals surface area (Å²) in [5.41, 5.74) is 1.33. The Morgan fingerprint density at radius 3 is 2.55 bits per heavy atom. The Morgan fingerprint density at radius 2 is 1.94 bits per heavy atom. The number of pyridine rings is 1. The normalized spacial score (nSPS) is 13.7. The fourth-order valence-electron chi connectivity index (χ4n) is 3.23. The van der Waals surface area contributed by atoms with Crippen LogP contribution in [0.4, 0.5) is 5.82 Å². The molecule has 0 saturated heterocycles. The molecule has 2 unspecified atom stereocenters. The molecule has 3 aromatic rings. The molecule has 2 heterocycles. The molecule has 3 radical (unpaired) electrons. The highest BCUT2D eigenvalue weighted by atomic mass is 32.2. The molecule has 2 amide bonds. The lowest BCUT2D eigenvalue weighted by Crippen LogP contribution is -2.43. The lowest BCUT2D eigenvalue weighted by molar-refractivity contribution is -0.130. The average Bonchev–Trinajstić information content (AvgIpc) is 3.17. The van der Waals surface area contributed by atoms with Crippen molar-refractivity contribution in [2.45, 2.75) is 19.4 Å². The predicted octanol–water partition coefficient (Wildman–Crippen LogP) is 1.75. The van der Waals surface area contributed by atoms with Crippen LogP contribution >= 0.6 is 11.3 Å². The summed E-state index contributed by atoms with van der Waals surface area (Å²) in [4.78, 5) is 38.0. The zero-order valence-corrected chi connectivity index (χ0v) is 20.9. The summed E-state index contributed by atoms with van der Waals surface area (Å²) in [7, 11) is 0.638. The minimum absolute atomic E-state index is 0.00615. The van der Waals surface area contributed by atoms with Crippen molar-refractivity contribution >= 4 is 53.6 Å². The van der Waals surface area contributed by atoms with Gasteiger partial charge < -0.3 is 5.32 Å². The van der Waals surface area contributed by atoms with Crippen molar-refractivity contribution in [2.24, 2.45) is 0 Å². The van der Waals surface area contributed by atoms with E-state index in [4.69, 9.17) is 4.78 Å². The maximum Gasteiger partial charge on any atom is 0.245 e. The first kappa shape index (κ1) is 24.7. The third-order valence-electron chi connectivity index (χ3n) is 4.80. The number of benzene rings is 1. The Hall–Kier alpha value is -2.89. The van der Waals surface area contributed by atoms with Gasteiger partial charge in [-0.2, -0.15) is 0 Å². The fourth-order valence-corrected chi connectivity index (χ4v) is 4.83. The van der Waals surface area contributed by atoms with Gasteiger partial charge in [-0.3, -0.25) is 28.5 Å². The summed E-state index contributed by atoms with van der Waals surface area (Å²) in [6.07, 6.45) is 4.60. The standard InChI is InChI=1S/C22H24N5O3S2Si/c1-15-7-6-10-24-19(15)27(14-17-13-26-22(33)31-17)21(29)18(16-8-4-3-5-9-16)20(28)25-11-12-32(2,23)30/h3-10,13,18,23H,11-12,14H2,1-2H3,(H,25,28). The monoisotopic (exact) mass is 498 g/mol. The number of hydrogen-bond donors (Lipinski definition) is 2. The number of aryl methyl sites for hydroxylation is 1. The molecule has 0 saturated carbocycles. The summed E-state index contributed by atoms with van der Waals surface area (Å²) in [6.45, 7) is 2.10. The topological polar surface area (TPSA) is 116 Å². The highest BCUT2D eigenvalue weighted by Crippen LogP contribution is 2.26. The van der Waals surface area contributed by atoms with Crippen LogP contribution in [0.25, 0.3) is 0 Å². The van der Waals surface area contributed by atoms with Gasteiger partial charge in [-0.15, -0.1) is 11.3 Å². The lowest BCUT2D eigenvalue weighted by atomic mass is 9.96. The van der Waals surface area contributed by atoms with Gasteiger partial charge in [0.2, 0.25) is 11.8 Å². The molecule has 33 heavy (non-hydrogen) atoms. The number of nitrogens with zero attached hydrogens (tertiary/aromatic N) is 3. The maximum atomic E-state index is 13.9. The third kappa shape index (κ3) is 6.79. The Bertz CT molecular complexity index is 1230. The number of amides is 2. The van der Waals surface area contributed by atoms with Gasteiger partial charge in [-0.1, -0.05) is 36.4 Å². The van der Waals surface area contributed by atoms with Gasteiger partial charge in [0.15, 0.2) is 0 Å². The molecule has 0 aliphatic carbocycles. The Labute approximate surface area is 200 Å². The van der Waals surface area contributed by atoms with Crippen molar-refractivity contribution in [3.05, 3.63) is 70.9 Å². The first-order chi connectivity index (χ1) is 15.7. The van der Waals surface area contributed by atoms with Crippen molar-refractivity contribution in [2.75, 3.05) is 23.5 Å². The van der Waals surface area contributed by atoms with Crippen molar-refractivity contribution in [3.63, 3.8) is 0 Å². The smallest absolute Gasteiger partial charge is 0.245 e. The molecule has 8 nitrogen and oxygen atoms in total. The molecular formula is C22H24N5O3S2Si. The van der Waals surface area contributed by atoms with Crippen molar-refractivity contribution in [1.29, 1.82) is 4.78 Å². The van der Waals surface area contributed by atoms with Crippen LogP contribution in [0.2, 0.25) is 0 Å². The average molecular weight is 499 g/mol. The highest BCUT2D eigenvalue weighted by molar-refractivity contribution is 7.91. The number of aromatic nitrogens is 2. The lowest BCUT2D eigenvalue weighted by Gasteiger charge is -2.27. The number of carbonyl (C=O) groups is 2. The van der Waals surface area contributed by atoms with E-state index in [0.29, 0.717) is 16.0 Å². The Balaban J connectivity index is 1.98. The SMILES string of the molecule is Cc1cccnc1N(Cc1cnc([Si])s1)C(=O)C(C(=O)NCCS(C)(=N)=O)c1ccccc1. The molecule has 171 valence electrons. The third-order valence-corrected chi connectivity index (χ3v) is 7.02. The van der Waals surface area contributed by atoms with Gasteiger partial charge in [-0.05, 0) is 24.1 Å². The molecular weight excluding hydrogens is 474 g/mol. The largest absolute Gasteiger partial charge is 0.354 e. The molecule has 11 heteroatoms. The highest BCUT2D eigenvalue weighted by Gasteiger charge is 2.34. The van der Waals surface area contributed by atoms with E-state index in [9.17, 15) is 13.8 Å². The number of carbonyl (C=O) groups excluding carboxylic acids is 2. The van der Waals surface area contributed by atoms with Crippen LogP contribution in [0.3, 0.4) is 0 Å². The van der Waals surface area contributed by atoms with Gasteiger partial charge in [0, 0.05) is 45.6 Å². The van der Waals surface area contributed by atoms with Gasteiger partial charge in [0.1, 0.15) is 22.0 Å². The number of anilines is 1. The fraction of sp³-hybridized carbons (Fsp3) is 0.273. The zero-order valence-electron chi connectivity index (χ0n) is 18.3. The molecule has 2 aromatic heterocycles. The van der Waals surface area contributed by atoms with Crippen molar-refractivity contribution in [1.82, 2.24) is 15.3 Å². The second-order valence-corrected chi connectivity index (χ2v) is 11.9. The first-order valence-electron chi connectivity index (χ1n) is 10.1. The van der Waals surface area contributed by atoms with Crippen LogP contribution in [0.5, 0.6) is 0 Å². The van der Waals surface area contributed by atoms with Crippen LogP contribution in [0.15, 0.2) is 54.9 Å². The van der Waals surface area contributed by atoms with E-state index in [1.807, 2.05) is 19.1 Å². The number of nitrogens with one attached hydrogen (secondary N) is 2. The molecule has 0 aliphatic heterocycles. The van der Waals surface area contributed by atoms with E-state index in [0.717, 1.165) is 10.4 Å². The number of rotatable bonds is 9. The minimum Gasteiger partial charge on any atom is -0.354 e. The van der Waals surface area contributed by atoms with E-state index >= 15 is 0 Å². The van der Waals surface area contributed by atoms with Crippen LogP contribution < -0.4 is 14.8 Å². The molecule has 2 N–H and O–H groups in total. The summed E-state index contributed by atoms with van der Waals surface area (Å²) in [6, 6.07) is 12.4. The zero-order chi connectivity index (χ0) is 24.0. The van der Waals surface area contributed by atoms with E-state index in [1.165, 1.54) is 22.5 Å². The Kier molecular flexibility index (Phi) is 8.11. The van der Waals surface area contributed by atoms with E-state index in [2.05, 4.69) is 25.5 Å². The van der Waals surface area contributed by atoms with Crippen LogP contribution in [0.1, 0.15) is 21.9 Å². The molecule has 3 rings (SSSR count). The second-order valence-electron chi connectivity index (χ2n) is 7.54. The van der Waals surface area contributed by atoms with Crippen molar-refractivity contribution < 1.29 is 13.8 Å². The van der Waals surface area contributed by atoms with Crippen LogP contribution in [-0.4, -0.2) is 54.8 Å². The Morgan fingerprint density at radius 1 is 1.21 bits per heavy atom. The van der Waals surface area contributed by atoms with E-state index < -0.39 is 27.5 Å². The molecule has 0 fully saturated rings. The molecule has 0 bridgehead atoms. The van der Waals surface area contributed by atoms with Gasteiger partial charge in [0.25, 0.3) is 0 Å². The molecule has 0 spiro atoms. The number of thiazole rings is 1. The van der Waals surface area contributed by atoms with E-state index in [-0.39, 0.29) is 18.8 Å². The van der Waals surface area contributed by atoms with Crippen molar-refractivity contribution in [3.8, 4) is 0 Å². The minimum atomic E-state index is -2.76. The van der Waals surface area contributed by atoms with E-state index in [1.54, 1.807) is 42.7 Å².